The zero-order valence-electron chi connectivity index (χ0n) is 10.1. The van der Waals surface area contributed by atoms with Crippen molar-refractivity contribution in [3.8, 4) is 5.75 Å². The maximum atomic E-state index is 11.0. The monoisotopic (exact) mass is 235 g/mol. The lowest BCUT2D eigenvalue weighted by Gasteiger charge is -2.23. The molecule has 1 aromatic carbocycles. The molecule has 1 fully saturated rings. The van der Waals surface area contributed by atoms with E-state index in [1.54, 1.807) is 0 Å². The number of morpholine rings is 1. The molecular formula is C13H17NO3. The molecule has 1 aliphatic rings. The largest absolute Gasteiger partial charge is 0.491 e. The molecule has 0 aromatic heterocycles. The molecule has 92 valence electrons. The Morgan fingerprint density at radius 3 is 2.59 bits per heavy atom. The van der Waals surface area contributed by atoms with Crippen LogP contribution < -0.4 is 10.1 Å². The molecule has 0 spiro atoms. The maximum Gasteiger partial charge on any atom is 0.246 e. The molecule has 1 N–H and O–H groups in total. The number of carbonyl (C=O) groups is 1. The molecular weight excluding hydrogens is 218 g/mol. The van der Waals surface area contributed by atoms with Gasteiger partial charge in [-0.05, 0) is 31.5 Å². The second-order valence-electron chi connectivity index (χ2n) is 4.34. The fourth-order valence-corrected chi connectivity index (χ4v) is 1.74. The van der Waals surface area contributed by atoms with Gasteiger partial charge in [0, 0.05) is 6.54 Å². The average molecular weight is 235 g/mol. The standard InChI is InChI=1S/C13H17NO3/c1-9(2)17-11-5-3-10(4-6-11)12-7-14-13(15)8-16-12/h3-6,9,12H,7-8H2,1-2H3,(H,14,15)/t12-/m1/s1. The van der Waals surface area contributed by atoms with E-state index in [0.29, 0.717) is 6.54 Å². The Morgan fingerprint density at radius 1 is 1.35 bits per heavy atom. The average Bonchev–Trinajstić information content (AvgIpc) is 2.30. The fourth-order valence-electron chi connectivity index (χ4n) is 1.74. The predicted octanol–water partition coefficient (Wildman–Crippen LogP) is 1.66. The van der Waals surface area contributed by atoms with Gasteiger partial charge in [0.05, 0.1) is 6.10 Å². The molecule has 1 saturated heterocycles. The van der Waals surface area contributed by atoms with E-state index in [4.69, 9.17) is 9.47 Å². The Bertz CT molecular complexity index is 376. The first-order chi connectivity index (χ1) is 8.15. The molecule has 0 bridgehead atoms. The summed E-state index contributed by atoms with van der Waals surface area (Å²) in [5.41, 5.74) is 1.06. The Hall–Kier alpha value is -1.55. The van der Waals surface area contributed by atoms with Crippen molar-refractivity contribution in [1.29, 1.82) is 0 Å². The minimum atomic E-state index is -0.0548. The number of hydrogen-bond acceptors (Lipinski definition) is 3. The SMILES string of the molecule is CC(C)Oc1ccc([C@H]2CNC(=O)CO2)cc1. The summed E-state index contributed by atoms with van der Waals surface area (Å²) >= 11 is 0. The van der Waals surface area contributed by atoms with Crippen LogP contribution in [-0.4, -0.2) is 25.2 Å². The van der Waals surface area contributed by atoms with Gasteiger partial charge >= 0.3 is 0 Å². The Kier molecular flexibility index (Phi) is 3.64. The Balaban J connectivity index is 2.00. The van der Waals surface area contributed by atoms with Gasteiger partial charge in [-0.15, -0.1) is 0 Å². The van der Waals surface area contributed by atoms with Crippen LogP contribution in [0.3, 0.4) is 0 Å². The van der Waals surface area contributed by atoms with Gasteiger partial charge in [-0.1, -0.05) is 12.1 Å². The fraction of sp³-hybridized carbons (Fsp3) is 0.462. The van der Waals surface area contributed by atoms with E-state index in [1.165, 1.54) is 0 Å². The third-order valence-electron chi connectivity index (χ3n) is 2.52. The van der Waals surface area contributed by atoms with Crippen molar-refractivity contribution in [2.75, 3.05) is 13.2 Å². The van der Waals surface area contributed by atoms with E-state index in [9.17, 15) is 4.79 Å². The summed E-state index contributed by atoms with van der Waals surface area (Å²) in [6, 6.07) is 7.80. The number of amides is 1. The second-order valence-corrected chi connectivity index (χ2v) is 4.34. The smallest absolute Gasteiger partial charge is 0.246 e. The van der Waals surface area contributed by atoms with Gasteiger partial charge < -0.3 is 14.8 Å². The van der Waals surface area contributed by atoms with Crippen LogP contribution in [0.2, 0.25) is 0 Å². The molecule has 1 amide bonds. The number of rotatable bonds is 3. The zero-order chi connectivity index (χ0) is 12.3. The summed E-state index contributed by atoms with van der Waals surface area (Å²) < 4.78 is 11.0. The first-order valence-electron chi connectivity index (χ1n) is 5.80. The van der Waals surface area contributed by atoms with Gasteiger partial charge in [0.2, 0.25) is 5.91 Å². The Labute approximate surface area is 101 Å². The van der Waals surface area contributed by atoms with Gasteiger partial charge in [0.15, 0.2) is 0 Å². The summed E-state index contributed by atoms with van der Waals surface area (Å²) in [6.45, 7) is 4.65. The van der Waals surface area contributed by atoms with E-state index in [-0.39, 0.29) is 24.7 Å². The number of nitrogens with one attached hydrogen (secondary N) is 1. The summed E-state index contributed by atoms with van der Waals surface area (Å²) in [6.07, 6.45) is 0.117. The van der Waals surface area contributed by atoms with Crippen LogP contribution in [-0.2, 0) is 9.53 Å². The van der Waals surface area contributed by atoms with Gasteiger partial charge in [0.25, 0.3) is 0 Å². The van der Waals surface area contributed by atoms with Crippen molar-refractivity contribution in [2.24, 2.45) is 0 Å². The van der Waals surface area contributed by atoms with Gasteiger partial charge in [-0.25, -0.2) is 0 Å². The minimum absolute atomic E-state index is 0.0546. The molecule has 17 heavy (non-hydrogen) atoms. The van der Waals surface area contributed by atoms with E-state index >= 15 is 0 Å². The number of hydrogen-bond donors (Lipinski definition) is 1. The van der Waals surface area contributed by atoms with Crippen LogP contribution in [0, 0.1) is 0 Å². The minimum Gasteiger partial charge on any atom is -0.491 e. The summed E-state index contributed by atoms with van der Waals surface area (Å²) in [7, 11) is 0. The molecule has 1 aliphatic heterocycles. The van der Waals surface area contributed by atoms with Crippen LogP contribution in [0.25, 0.3) is 0 Å². The molecule has 0 aliphatic carbocycles. The van der Waals surface area contributed by atoms with E-state index in [0.717, 1.165) is 11.3 Å². The molecule has 1 atom stereocenters. The molecule has 0 unspecified atom stereocenters. The van der Waals surface area contributed by atoms with Crippen molar-refractivity contribution < 1.29 is 14.3 Å². The van der Waals surface area contributed by atoms with Crippen LogP contribution in [0.4, 0.5) is 0 Å². The van der Waals surface area contributed by atoms with E-state index in [2.05, 4.69) is 5.32 Å². The summed E-state index contributed by atoms with van der Waals surface area (Å²) in [5.74, 6) is 0.796. The first-order valence-corrected chi connectivity index (χ1v) is 5.80. The molecule has 0 radical (unpaired) electrons. The first kappa shape index (κ1) is 11.9. The highest BCUT2D eigenvalue weighted by molar-refractivity contribution is 5.77. The molecule has 4 heteroatoms. The lowest BCUT2D eigenvalue weighted by atomic mass is 10.1. The molecule has 4 nitrogen and oxygen atoms in total. The Morgan fingerprint density at radius 2 is 2.06 bits per heavy atom. The third kappa shape index (κ3) is 3.20. The maximum absolute atomic E-state index is 11.0. The molecule has 1 heterocycles. The molecule has 0 saturated carbocycles. The highest BCUT2D eigenvalue weighted by Crippen LogP contribution is 2.22. The van der Waals surface area contributed by atoms with Crippen molar-refractivity contribution in [3.63, 3.8) is 0 Å². The van der Waals surface area contributed by atoms with Gasteiger partial charge in [0.1, 0.15) is 18.5 Å². The lowest BCUT2D eigenvalue weighted by molar-refractivity contribution is -0.133. The summed E-state index contributed by atoms with van der Waals surface area (Å²) in [5, 5.41) is 2.78. The zero-order valence-corrected chi connectivity index (χ0v) is 10.1. The van der Waals surface area contributed by atoms with Crippen LogP contribution >= 0.6 is 0 Å². The van der Waals surface area contributed by atoms with Gasteiger partial charge in [-0.2, -0.15) is 0 Å². The van der Waals surface area contributed by atoms with Crippen LogP contribution in [0.1, 0.15) is 25.5 Å². The van der Waals surface area contributed by atoms with Crippen molar-refractivity contribution in [1.82, 2.24) is 5.32 Å². The predicted molar refractivity (Wildman–Crippen MR) is 63.9 cm³/mol. The van der Waals surface area contributed by atoms with Crippen LogP contribution in [0.5, 0.6) is 5.75 Å². The number of carbonyl (C=O) groups excluding carboxylic acids is 1. The quantitative estimate of drug-likeness (QED) is 0.866. The number of ether oxygens (including phenoxy) is 2. The van der Waals surface area contributed by atoms with E-state index < -0.39 is 0 Å². The van der Waals surface area contributed by atoms with Crippen molar-refractivity contribution in [2.45, 2.75) is 26.1 Å². The second kappa shape index (κ2) is 5.19. The molecule has 2 rings (SSSR count). The number of benzene rings is 1. The summed E-state index contributed by atoms with van der Waals surface area (Å²) in [4.78, 5) is 11.0. The van der Waals surface area contributed by atoms with Crippen LogP contribution in [0.15, 0.2) is 24.3 Å². The van der Waals surface area contributed by atoms with Gasteiger partial charge in [-0.3, -0.25) is 4.79 Å². The van der Waals surface area contributed by atoms with Crippen molar-refractivity contribution in [3.05, 3.63) is 29.8 Å². The van der Waals surface area contributed by atoms with Crippen molar-refractivity contribution >= 4 is 5.91 Å². The topological polar surface area (TPSA) is 47.6 Å². The normalized spacial score (nSPS) is 20.2. The highest BCUT2D eigenvalue weighted by Gasteiger charge is 2.19. The third-order valence-corrected chi connectivity index (χ3v) is 2.52. The highest BCUT2D eigenvalue weighted by atomic mass is 16.5. The molecule has 1 aromatic rings. The van der Waals surface area contributed by atoms with E-state index in [1.807, 2.05) is 38.1 Å². The lowest BCUT2D eigenvalue weighted by Crippen LogP contribution is -2.38.